The molecule has 1 amide bonds. The Morgan fingerprint density at radius 3 is 2.40 bits per heavy atom. The van der Waals surface area contributed by atoms with Crippen molar-refractivity contribution in [2.45, 2.75) is 37.5 Å². The molecule has 2 N–H and O–H groups in total. The zero-order valence-corrected chi connectivity index (χ0v) is 26.7. The molecule has 0 aromatic heterocycles. The molecular formula is C35H33ClN8O4. The number of azide groups is 2. The van der Waals surface area contributed by atoms with Gasteiger partial charge in [-0.15, -0.1) is 0 Å². The fourth-order valence-electron chi connectivity index (χ4n) is 5.56. The topological polar surface area (TPSA) is 178 Å². The lowest BCUT2D eigenvalue weighted by atomic mass is 9.80. The van der Waals surface area contributed by atoms with Crippen molar-refractivity contribution >= 4 is 29.1 Å². The van der Waals surface area contributed by atoms with Gasteiger partial charge >= 0.3 is 0 Å². The van der Waals surface area contributed by atoms with Crippen molar-refractivity contribution in [3.05, 3.63) is 151 Å². The number of nitrogens with one attached hydrogen (secondary N) is 1. The first-order valence-electron chi connectivity index (χ1n) is 15.3. The highest BCUT2D eigenvalue weighted by Gasteiger charge is 2.54. The van der Waals surface area contributed by atoms with E-state index in [-0.39, 0.29) is 32.0 Å². The molecule has 1 aliphatic rings. The molecule has 0 saturated heterocycles. The number of aliphatic imine (C=N–C) groups is 1. The maximum Gasteiger partial charge on any atom is 0.252 e. The van der Waals surface area contributed by atoms with Crippen LogP contribution >= 0.6 is 11.6 Å². The number of rotatable bonds is 15. The second-order valence-electron chi connectivity index (χ2n) is 11.0. The summed E-state index contributed by atoms with van der Waals surface area (Å²) in [6, 6.07) is 28.9. The van der Waals surface area contributed by atoms with Crippen molar-refractivity contribution in [3.63, 3.8) is 0 Å². The molecular weight excluding hydrogens is 632 g/mol. The van der Waals surface area contributed by atoms with Gasteiger partial charge in [0.2, 0.25) is 5.90 Å². The summed E-state index contributed by atoms with van der Waals surface area (Å²) in [5.41, 5.74) is 20.6. The molecule has 48 heavy (non-hydrogen) atoms. The number of hydrogen-bond acceptors (Lipinski definition) is 7. The summed E-state index contributed by atoms with van der Waals surface area (Å²) in [6.07, 6.45) is 0.0359. The number of amides is 1. The summed E-state index contributed by atoms with van der Waals surface area (Å²) < 4.78 is 12.3. The van der Waals surface area contributed by atoms with Crippen LogP contribution < -0.4 is 10.1 Å². The number of ether oxygens (including phenoxy) is 2. The summed E-state index contributed by atoms with van der Waals surface area (Å²) in [5.74, 6) is 0.421. The first-order valence-corrected chi connectivity index (χ1v) is 15.7. The van der Waals surface area contributed by atoms with Crippen LogP contribution in [0.3, 0.4) is 0 Å². The molecule has 0 saturated carbocycles. The molecule has 12 nitrogen and oxygen atoms in total. The summed E-state index contributed by atoms with van der Waals surface area (Å²) >= 11 is 6.40. The number of nitrogens with zero attached hydrogens (tertiary/aromatic N) is 7. The highest BCUT2D eigenvalue weighted by molar-refractivity contribution is 6.31. The lowest BCUT2D eigenvalue weighted by Gasteiger charge is -2.32. The number of aliphatic hydroxyl groups excluding tert-OH is 1. The van der Waals surface area contributed by atoms with E-state index in [9.17, 15) is 10.3 Å². The van der Waals surface area contributed by atoms with E-state index in [1.54, 1.807) is 54.6 Å². The summed E-state index contributed by atoms with van der Waals surface area (Å²) in [5, 5.41) is 20.4. The zero-order chi connectivity index (χ0) is 33.8. The minimum atomic E-state index is -1.58. The Morgan fingerprint density at radius 1 is 0.958 bits per heavy atom. The third kappa shape index (κ3) is 7.88. The second kappa shape index (κ2) is 16.4. The highest BCUT2D eigenvalue weighted by atomic mass is 35.5. The third-order valence-electron chi connectivity index (χ3n) is 7.91. The van der Waals surface area contributed by atoms with Crippen LogP contribution in [0.15, 0.2) is 112 Å². The Morgan fingerprint density at radius 2 is 1.67 bits per heavy atom. The largest absolute Gasteiger partial charge is 0.494 e. The summed E-state index contributed by atoms with van der Waals surface area (Å²) in [7, 11) is 0. The van der Waals surface area contributed by atoms with Gasteiger partial charge in [0.15, 0.2) is 11.6 Å². The summed E-state index contributed by atoms with van der Waals surface area (Å²) in [4.78, 5) is 25.6. The number of benzene rings is 4. The van der Waals surface area contributed by atoms with Crippen LogP contribution in [0.4, 0.5) is 5.69 Å². The molecule has 4 aromatic carbocycles. The molecule has 0 fully saturated rings. The molecule has 0 radical (unpaired) electrons. The van der Waals surface area contributed by atoms with Crippen LogP contribution in [-0.4, -0.2) is 42.2 Å². The van der Waals surface area contributed by atoms with Crippen LogP contribution in [0.25, 0.3) is 20.9 Å². The normalized spacial score (nSPS) is 16.5. The van der Waals surface area contributed by atoms with E-state index >= 15 is 0 Å². The molecule has 1 heterocycles. The molecule has 5 rings (SSSR count). The van der Waals surface area contributed by atoms with Gasteiger partial charge < -0.3 is 19.9 Å². The Kier molecular flexibility index (Phi) is 11.5. The predicted molar refractivity (Wildman–Crippen MR) is 183 cm³/mol. The molecule has 244 valence electrons. The molecule has 13 heteroatoms. The third-order valence-corrected chi connectivity index (χ3v) is 8.28. The van der Waals surface area contributed by atoms with Gasteiger partial charge in [-0.1, -0.05) is 88.6 Å². The van der Waals surface area contributed by atoms with E-state index in [1.807, 2.05) is 42.5 Å². The van der Waals surface area contributed by atoms with Crippen LogP contribution in [0.1, 0.15) is 40.3 Å². The van der Waals surface area contributed by atoms with Gasteiger partial charge in [-0.25, -0.2) is 4.99 Å². The summed E-state index contributed by atoms with van der Waals surface area (Å²) in [6.45, 7) is 0.678. The number of hydrogen-bond donors (Lipinski definition) is 2. The molecule has 4 aromatic rings. The minimum absolute atomic E-state index is 0.0203. The Labute approximate surface area is 282 Å². The van der Waals surface area contributed by atoms with Crippen LogP contribution in [-0.2, 0) is 28.9 Å². The molecule has 0 aliphatic carbocycles. The van der Waals surface area contributed by atoms with Crippen LogP contribution in [0.2, 0.25) is 5.02 Å². The van der Waals surface area contributed by atoms with Crippen molar-refractivity contribution in [2.75, 3.05) is 19.8 Å². The van der Waals surface area contributed by atoms with Gasteiger partial charge in [-0.2, -0.15) is 0 Å². The maximum atomic E-state index is 14.6. The molecule has 2 atom stereocenters. The van der Waals surface area contributed by atoms with E-state index in [0.717, 1.165) is 5.56 Å². The van der Waals surface area contributed by atoms with Gasteiger partial charge in [0.25, 0.3) is 5.91 Å². The van der Waals surface area contributed by atoms with Gasteiger partial charge in [-0.05, 0) is 70.1 Å². The van der Waals surface area contributed by atoms with E-state index in [0.29, 0.717) is 58.2 Å². The fourth-order valence-corrected chi connectivity index (χ4v) is 5.79. The molecule has 0 spiro atoms. The lowest BCUT2D eigenvalue weighted by Crippen LogP contribution is -2.50. The molecule has 0 bridgehead atoms. The highest BCUT2D eigenvalue weighted by Crippen LogP contribution is 2.45. The van der Waals surface area contributed by atoms with Crippen LogP contribution in [0, 0.1) is 0 Å². The Balaban J connectivity index is 1.61. The van der Waals surface area contributed by atoms with Gasteiger partial charge in [-0.3, -0.25) is 4.79 Å². The van der Waals surface area contributed by atoms with Crippen molar-refractivity contribution in [3.8, 4) is 5.75 Å². The van der Waals surface area contributed by atoms with Gasteiger partial charge in [0, 0.05) is 52.1 Å². The average Bonchev–Trinajstić information content (AvgIpc) is 3.50. The standard InChI is InChI=1S/C35H33ClN8O4/c36-30-12-5-2-8-24(30)18-19-39-34(46)35(22-26-9-3-6-13-31(26)42-44-38)32(29-11-4-1-10-27(29)23-40-43-37)48-33(41-35)25-14-16-28(17-15-25)47-21-7-20-45/h1-6,8-17,32,45H,7,18-23H2,(H,39,46)/t32-,35-/m1/s1. The zero-order valence-electron chi connectivity index (χ0n) is 25.9. The smallest absolute Gasteiger partial charge is 0.252 e. The number of halogens is 1. The van der Waals surface area contributed by atoms with Gasteiger partial charge in [0.1, 0.15) is 5.75 Å². The first kappa shape index (κ1) is 33.8. The first-order chi connectivity index (χ1) is 23.5. The maximum absolute atomic E-state index is 14.6. The Hall–Kier alpha value is -5.51. The monoisotopic (exact) mass is 664 g/mol. The number of carbonyl (C=O) groups excluding carboxylic acids is 1. The quantitative estimate of drug-likeness (QED) is 0.0572. The number of aliphatic hydroxyl groups is 1. The SMILES string of the molecule is [N-]=[N+]=NCc1ccccc1[C@H]1OC(c2ccc(OCCCO)cc2)=N[C@@]1(Cc1ccccc1N=[N+]=[N-])C(=O)NCCc1ccccc1Cl. The second-order valence-corrected chi connectivity index (χ2v) is 11.4. The van der Waals surface area contributed by atoms with E-state index in [1.165, 1.54) is 0 Å². The van der Waals surface area contributed by atoms with Crippen molar-refractivity contribution in [1.29, 1.82) is 0 Å². The number of carbonyl (C=O) groups is 1. The van der Waals surface area contributed by atoms with Crippen molar-refractivity contribution < 1.29 is 19.4 Å². The van der Waals surface area contributed by atoms with E-state index in [2.05, 4.69) is 25.4 Å². The van der Waals surface area contributed by atoms with Gasteiger partial charge in [0.05, 0.1) is 13.2 Å². The lowest BCUT2D eigenvalue weighted by molar-refractivity contribution is -0.128. The minimum Gasteiger partial charge on any atom is -0.494 e. The van der Waals surface area contributed by atoms with Crippen molar-refractivity contribution in [2.24, 2.45) is 15.2 Å². The van der Waals surface area contributed by atoms with E-state index < -0.39 is 17.6 Å². The van der Waals surface area contributed by atoms with Crippen LogP contribution in [0.5, 0.6) is 5.75 Å². The molecule has 0 unspecified atom stereocenters. The molecule has 1 aliphatic heterocycles. The van der Waals surface area contributed by atoms with E-state index in [4.69, 9.17) is 36.7 Å². The predicted octanol–water partition coefficient (Wildman–Crippen LogP) is 7.71. The average molecular weight is 665 g/mol. The Bertz CT molecular complexity index is 1870. The fraction of sp³-hybridized carbons (Fsp3) is 0.257. The van der Waals surface area contributed by atoms with Crippen molar-refractivity contribution in [1.82, 2.24) is 5.32 Å².